The molecule has 0 unspecified atom stereocenters. The Morgan fingerprint density at radius 2 is 1.90 bits per heavy atom. The molecule has 3 aromatic carbocycles. The molecule has 1 amide bonds. The van der Waals surface area contributed by atoms with Crippen molar-refractivity contribution in [3.8, 4) is 11.4 Å². The van der Waals surface area contributed by atoms with Crippen LogP contribution < -0.4 is 5.32 Å². The average Bonchev–Trinajstić information content (AvgIpc) is 3.48. The maximum Gasteiger partial charge on any atom is 0.234 e. The topological polar surface area (TPSA) is 72.7 Å². The number of nitrogens with one attached hydrogen (secondary N) is 1. The van der Waals surface area contributed by atoms with Gasteiger partial charge in [-0.05, 0) is 58.3 Å². The van der Waals surface area contributed by atoms with Crippen molar-refractivity contribution < 1.29 is 4.79 Å². The van der Waals surface area contributed by atoms with E-state index in [0.717, 1.165) is 34.8 Å². The number of benzene rings is 3. The second kappa shape index (κ2) is 7.67. The van der Waals surface area contributed by atoms with Gasteiger partial charge in [0.2, 0.25) is 5.91 Å². The fourth-order valence-corrected chi connectivity index (χ4v) is 4.03. The lowest BCUT2D eigenvalue weighted by Crippen LogP contribution is -2.14. The molecule has 0 aliphatic heterocycles. The van der Waals surface area contributed by atoms with Crippen LogP contribution in [0.3, 0.4) is 0 Å². The van der Waals surface area contributed by atoms with Gasteiger partial charge in [-0.1, -0.05) is 42.5 Å². The van der Waals surface area contributed by atoms with E-state index in [9.17, 15) is 4.79 Å². The molecule has 1 aliphatic carbocycles. The molecule has 0 bridgehead atoms. The molecule has 5 rings (SSSR count). The van der Waals surface area contributed by atoms with Crippen molar-refractivity contribution in [3.63, 3.8) is 0 Å². The molecule has 0 saturated heterocycles. The summed E-state index contributed by atoms with van der Waals surface area (Å²) >= 11 is 1.53. The monoisotopic (exact) mass is 401 g/mol. The normalized spacial score (nSPS) is 13.5. The van der Waals surface area contributed by atoms with Crippen molar-refractivity contribution >= 4 is 34.1 Å². The molecule has 1 aromatic heterocycles. The number of nitrogens with zero attached hydrogens (tertiary/aromatic N) is 4. The molecule has 1 saturated carbocycles. The van der Waals surface area contributed by atoms with Crippen LogP contribution in [-0.4, -0.2) is 31.9 Å². The zero-order valence-electron chi connectivity index (χ0n) is 15.7. The van der Waals surface area contributed by atoms with Gasteiger partial charge in [-0.3, -0.25) is 4.79 Å². The van der Waals surface area contributed by atoms with Crippen LogP contribution in [0.1, 0.15) is 18.9 Å². The number of fused-ring (bicyclic) bond motifs is 1. The molecule has 7 heteroatoms. The number of hydrogen-bond acceptors (Lipinski definition) is 5. The minimum atomic E-state index is -0.0397. The van der Waals surface area contributed by atoms with Crippen LogP contribution in [0.25, 0.3) is 22.2 Å². The van der Waals surface area contributed by atoms with Gasteiger partial charge in [0.25, 0.3) is 0 Å². The lowest BCUT2D eigenvalue weighted by atomic mass is 10.1. The quantitative estimate of drug-likeness (QED) is 0.480. The van der Waals surface area contributed by atoms with Crippen LogP contribution >= 0.6 is 11.8 Å². The molecular formula is C22H19N5OS. The molecule has 1 N–H and O–H groups in total. The van der Waals surface area contributed by atoms with Gasteiger partial charge < -0.3 is 5.32 Å². The number of thioether (sulfide) groups is 1. The Morgan fingerprint density at radius 3 is 2.76 bits per heavy atom. The van der Waals surface area contributed by atoms with Crippen LogP contribution in [0.15, 0.2) is 71.6 Å². The maximum absolute atomic E-state index is 12.5. The number of amides is 1. The Kier molecular flexibility index (Phi) is 4.73. The lowest BCUT2D eigenvalue weighted by molar-refractivity contribution is -0.113. The largest absolute Gasteiger partial charge is 0.325 e. The Morgan fingerprint density at radius 1 is 1.03 bits per heavy atom. The lowest BCUT2D eigenvalue weighted by Gasteiger charge is -2.08. The first-order chi connectivity index (χ1) is 14.3. The van der Waals surface area contributed by atoms with Crippen LogP contribution in [0, 0.1) is 0 Å². The van der Waals surface area contributed by atoms with E-state index in [2.05, 4.69) is 51.2 Å². The molecule has 1 aliphatic rings. The summed E-state index contributed by atoms with van der Waals surface area (Å²) in [6, 6.07) is 22.6. The third-order valence-corrected chi connectivity index (χ3v) is 5.87. The highest BCUT2D eigenvalue weighted by Crippen LogP contribution is 2.36. The first-order valence-corrected chi connectivity index (χ1v) is 10.5. The van der Waals surface area contributed by atoms with Crippen LogP contribution in [0.2, 0.25) is 0 Å². The highest BCUT2D eigenvalue weighted by Gasteiger charge is 2.28. The summed E-state index contributed by atoms with van der Waals surface area (Å²) in [5, 5.41) is 17.4. The van der Waals surface area contributed by atoms with E-state index < -0.39 is 0 Å². The van der Waals surface area contributed by atoms with E-state index in [-0.39, 0.29) is 5.91 Å². The molecule has 29 heavy (non-hydrogen) atoms. The minimum Gasteiger partial charge on any atom is -0.325 e. The molecular weight excluding hydrogens is 382 g/mol. The second-order valence-corrected chi connectivity index (χ2v) is 8.15. The highest BCUT2D eigenvalue weighted by atomic mass is 32.2. The van der Waals surface area contributed by atoms with Gasteiger partial charge in [0, 0.05) is 16.1 Å². The molecule has 1 heterocycles. The SMILES string of the molecule is O=C(CSc1ccc2ccccc2c1)Nc1cccc(-c2nnnn2C2CC2)c1. The van der Waals surface area contributed by atoms with E-state index >= 15 is 0 Å². The molecule has 1 fully saturated rings. The van der Waals surface area contributed by atoms with Gasteiger partial charge in [0.05, 0.1) is 11.8 Å². The molecule has 0 radical (unpaired) electrons. The first-order valence-electron chi connectivity index (χ1n) is 9.56. The van der Waals surface area contributed by atoms with E-state index in [0.29, 0.717) is 11.8 Å². The van der Waals surface area contributed by atoms with Crippen molar-refractivity contribution in [2.75, 3.05) is 11.1 Å². The van der Waals surface area contributed by atoms with Gasteiger partial charge in [0.1, 0.15) is 0 Å². The number of tetrazole rings is 1. The number of carbonyl (C=O) groups is 1. The Labute approximate surface area is 172 Å². The van der Waals surface area contributed by atoms with E-state index in [1.54, 1.807) is 0 Å². The second-order valence-electron chi connectivity index (χ2n) is 7.10. The zero-order valence-corrected chi connectivity index (χ0v) is 16.5. The Bertz CT molecular complexity index is 1180. The Hall–Kier alpha value is -3.19. The summed E-state index contributed by atoms with van der Waals surface area (Å²) in [5.41, 5.74) is 1.65. The number of aromatic nitrogens is 4. The van der Waals surface area contributed by atoms with E-state index in [1.807, 2.05) is 41.1 Å². The summed E-state index contributed by atoms with van der Waals surface area (Å²) in [7, 11) is 0. The van der Waals surface area contributed by atoms with Crippen molar-refractivity contribution in [1.82, 2.24) is 20.2 Å². The number of rotatable bonds is 6. The van der Waals surface area contributed by atoms with Crippen LogP contribution in [0.4, 0.5) is 5.69 Å². The Balaban J connectivity index is 1.25. The smallest absolute Gasteiger partial charge is 0.234 e. The predicted octanol–water partition coefficient (Wildman–Crippen LogP) is 4.56. The number of anilines is 1. The third kappa shape index (κ3) is 4.00. The zero-order chi connectivity index (χ0) is 19.6. The summed E-state index contributed by atoms with van der Waals surface area (Å²) < 4.78 is 1.87. The fraction of sp³-hybridized carbons (Fsp3) is 0.182. The summed E-state index contributed by atoms with van der Waals surface area (Å²) in [6.45, 7) is 0. The molecule has 6 nitrogen and oxygen atoms in total. The molecule has 144 valence electrons. The first kappa shape index (κ1) is 17.9. The summed E-state index contributed by atoms with van der Waals surface area (Å²) in [5.74, 6) is 1.05. The number of carbonyl (C=O) groups excluding carboxylic acids is 1. The highest BCUT2D eigenvalue weighted by molar-refractivity contribution is 8.00. The number of hydrogen-bond donors (Lipinski definition) is 1. The van der Waals surface area contributed by atoms with Crippen molar-refractivity contribution in [3.05, 3.63) is 66.7 Å². The van der Waals surface area contributed by atoms with Gasteiger partial charge in [0.15, 0.2) is 5.82 Å². The van der Waals surface area contributed by atoms with Gasteiger partial charge >= 0.3 is 0 Å². The fourth-order valence-electron chi connectivity index (χ4n) is 3.29. The maximum atomic E-state index is 12.5. The minimum absolute atomic E-state index is 0.0397. The van der Waals surface area contributed by atoms with E-state index in [1.165, 1.54) is 22.5 Å². The van der Waals surface area contributed by atoms with Crippen LogP contribution in [-0.2, 0) is 4.79 Å². The predicted molar refractivity (Wildman–Crippen MR) is 115 cm³/mol. The third-order valence-electron chi connectivity index (χ3n) is 4.88. The molecule has 0 atom stereocenters. The standard InChI is InChI=1S/C22H19N5OS/c28-21(14-29-20-11-8-15-4-1-2-5-16(15)13-20)23-18-7-3-6-17(12-18)22-24-25-26-27(22)19-9-10-19/h1-8,11-13,19H,9-10,14H2,(H,23,28). The molecule has 0 spiro atoms. The van der Waals surface area contributed by atoms with Crippen molar-refractivity contribution in [1.29, 1.82) is 0 Å². The summed E-state index contributed by atoms with van der Waals surface area (Å²) in [6.07, 6.45) is 2.22. The average molecular weight is 401 g/mol. The van der Waals surface area contributed by atoms with E-state index in [4.69, 9.17) is 0 Å². The van der Waals surface area contributed by atoms with Gasteiger partial charge in [-0.25, -0.2) is 4.68 Å². The summed E-state index contributed by atoms with van der Waals surface area (Å²) in [4.78, 5) is 13.5. The van der Waals surface area contributed by atoms with Crippen molar-refractivity contribution in [2.24, 2.45) is 0 Å². The van der Waals surface area contributed by atoms with Gasteiger partial charge in [-0.15, -0.1) is 16.9 Å². The van der Waals surface area contributed by atoms with Crippen molar-refractivity contribution in [2.45, 2.75) is 23.8 Å². The van der Waals surface area contributed by atoms with Gasteiger partial charge in [-0.2, -0.15) is 0 Å². The molecule has 4 aromatic rings. The van der Waals surface area contributed by atoms with Crippen LogP contribution in [0.5, 0.6) is 0 Å².